The minimum atomic E-state index is -0.963. The zero-order valence-electron chi connectivity index (χ0n) is 10.2. The summed E-state index contributed by atoms with van der Waals surface area (Å²) >= 11 is 0. The molecule has 0 aromatic heterocycles. The Hall–Kier alpha value is -2.55. The molecule has 0 saturated heterocycles. The summed E-state index contributed by atoms with van der Waals surface area (Å²) in [4.78, 5) is 35.3. The van der Waals surface area contributed by atoms with Crippen molar-refractivity contribution < 1.29 is 14.4 Å². The molecule has 3 heteroatoms. The maximum Gasteiger partial charge on any atom is 0.269 e. The van der Waals surface area contributed by atoms with Crippen LogP contribution in [0, 0.1) is 0 Å². The summed E-state index contributed by atoms with van der Waals surface area (Å²) in [7, 11) is 0. The quantitative estimate of drug-likeness (QED) is 0.466. The van der Waals surface area contributed by atoms with Crippen molar-refractivity contribution in [1.29, 1.82) is 0 Å². The largest absolute Gasteiger partial charge is 0.290 e. The molecule has 0 heterocycles. The van der Waals surface area contributed by atoms with Crippen molar-refractivity contribution in [1.82, 2.24) is 0 Å². The number of ketones is 3. The van der Waals surface area contributed by atoms with Crippen LogP contribution in [0.1, 0.15) is 15.9 Å². The van der Waals surface area contributed by atoms with Gasteiger partial charge >= 0.3 is 0 Å². The number of hydrogen-bond acceptors (Lipinski definition) is 3. The Morgan fingerprint density at radius 1 is 0.737 bits per heavy atom. The summed E-state index contributed by atoms with van der Waals surface area (Å²) in [5, 5.41) is 0. The van der Waals surface area contributed by atoms with E-state index in [9.17, 15) is 14.4 Å². The first-order chi connectivity index (χ1) is 9.18. The SMILES string of the molecule is O=C(Cc1ccccc1)C(=O)C(=O)c1ccccc1. The molecule has 94 valence electrons. The summed E-state index contributed by atoms with van der Waals surface area (Å²) in [5.74, 6) is -2.39. The van der Waals surface area contributed by atoms with E-state index in [2.05, 4.69) is 0 Å². The summed E-state index contributed by atoms with van der Waals surface area (Å²) < 4.78 is 0. The highest BCUT2D eigenvalue weighted by molar-refractivity contribution is 6.67. The molecule has 0 fully saturated rings. The second-order valence-corrected chi connectivity index (χ2v) is 4.11. The maximum atomic E-state index is 11.8. The fourth-order valence-corrected chi connectivity index (χ4v) is 1.71. The first-order valence-corrected chi connectivity index (χ1v) is 5.89. The second-order valence-electron chi connectivity index (χ2n) is 4.11. The molecular weight excluding hydrogens is 240 g/mol. The number of Topliss-reactive ketones (excluding diaryl/α,β-unsaturated/α-hetero) is 3. The lowest BCUT2D eigenvalue weighted by Crippen LogP contribution is -2.25. The Balaban J connectivity index is 2.08. The average Bonchev–Trinajstić information content (AvgIpc) is 2.47. The highest BCUT2D eigenvalue weighted by atomic mass is 16.2. The van der Waals surface area contributed by atoms with Crippen molar-refractivity contribution in [3.8, 4) is 0 Å². The van der Waals surface area contributed by atoms with Crippen LogP contribution >= 0.6 is 0 Å². The van der Waals surface area contributed by atoms with Crippen LogP contribution in [-0.4, -0.2) is 17.3 Å². The molecule has 2 rings (SSSR count). The average molecular weight is 252 g/mol. The van der Waals surface area contributed by atoms with Gasteiger partial charge in [0.1, 0.15) is 0 Å². The Kier molecular flexibility index (Phi) is 3.98. The minimum Gasteiger partial charge on any atom is -0.290 e. The number of hydrogen-bond donors (Lipinski definition) is 0. The monoisotopic (exact) mass is 252 g/mol. The summed E-state index contributed by atoms with van der Waals surface area (Å²) in [6, 6.07) is 17.0. The summed E-state index contributed by atoms with van der Waals surface area (Å²) in [6.07, 6.45) is -0.0434. The van der Waals surface area contributed by atoms with Gasteiger partial charge in [-0.1, -0.05) is 60.7 Å². The molecule has 0 saturated carbocycles. The van der Waals surface area contributed by atoms with Crippen molar-refractivity contribution >= 4 is 17.3 Å². The fourth-order valence-electron chi connectivity index (χ4n) is 1.71. The van der Waals surface area contributed by atoms with E-state index in [0.29, 0.717) is 0 Å². The van der Waals surface area contributed by atoms with E-state index in [1.165, 1.54) is 12.1 Å². The molecule has 2 aromatic carbocycles. The predicted octanol–water partition coefficient (Wildman–Crippen LogP) is 2.25. The first kappa shape index (κ1) is 12.9. The van der Waals surface area contributed by atoms with Gasteiger partial charge in [0.05, 0.1) is 0 Å². The third kappa shape index (κ3) is 3.22. The van der Waals surface area contributed by atoms with Crippen molar-refractivity contribution in [2.45, 2.75) is 6.42 Å². The van der Waals surface area contributed by atoms with Gasteiger partial charge in [0.25, 0.3) is 5.78 Å². The number of rotatable bonds is 5. The Bertz CT molecular complexity index is 600. The van der Waals surface area contributed by atoms with Crippen LogP contribution in [0.15, 0.2) is 60.7 Å². The van der Waals surface area contributed by atoms with Gasteiger partial charge in [-0.3, -0.25) is 14.4 Å². The lowest BCUT2D eigenvalue weighted by Gasteiger charge is -2.00. The molecule has 0 aliphatic heterocycles. The van der Waals surface area contributed by atoms with Crippen LogP contribution in [0.3, 0.4) is 0 Å². The minimum absolute atomic E-state index is 0.0434. The van der Waals surface area contributed by atoms with E-state index in [0.717, 1.165) is 5.56 Å². The van der Waals surface area contributed by atoms with Gasteiger partial charge in [0.2, 0.25) is 11.6 Å². The van der Waals surface area contributed by atoms with Crippen molar-refractivity contribution in [2.24, 2.45) is 0 Å². The molecule has 0 radical (unpaired) electrons. The van der Waals surface area contributed by atoms with Crippen LogP contribution in [0.5, 0.6) is 0 Å². The van der Waals surface area contributed by atoms with Gasteiger partial charge in [-0.25, -0.2) is 0 Å². The summed E-state index contributed by atoms with van der Waals surface area (Å²) in [5.41, 5.74) is 0.968. The van der Waals surface area contributed by atoms with E-state index in [-0.39, 0.29) is 12.0 Å². The molecule has 0 amide bonds. The smallest absolute Gasteiger partial charge is 0.269 e. The summed E-state index contributed by atoms with van der Waals surface area (Å²) in [6.45, 7) is 0. The van der Waals surface area contributed by atoms with Gasteiger partial charge in [-0.15, -0.1) is 0 Å². The standard InChI is InChI=1S/C16H12O3/c17-14(11-12-7-3-1-4-8-12)16(19)15(18)13-9-5-2-6-10-13/h1-10H,11H2. The molecule has 19 heavy (non-hydrogen) atoms. The molecular formula is C16H12O3. The third-order valence-corrected chi connectivity index (χ3v) is 2.70. The van der Waals surface area contributed by atoms with Crippen molar-refractivity contribution in [3.05, 3.63) is 71.8 Å². The Morgan fingerprint density at radius 2 is 1.26 bits per heavy atom. The van der Waals surface area contributed by atoms with E-state index in [1.54, 1.807) is 42.5 Å². The first-order valence-electron chi connectivity index (χ1n) is 5.89. The van der Waals surface area contributed by atoms with Gasteiger partial charge in [0, 0.05) is 12.0 Å². The van der Waals surface area contributed by atoms with Gasteiger partial charge in [0.15, 0.2) is 0 Å². The van der Waals surface area contributed by atoms with Gasteiger partial charge in [-0.05, 0) is 5.56 Å². The highest BCUT2D eigenvalue weighted by Gasteiger charge is 2.23. The van der Waals surface area contributed by atoms with Crippen LogP contribution in [0.25, 0.3) is 0 Å². The normalized spacial score (nSPS) is 9.89. The molecule has 2 aromatic rings. The predicted molar refractivity (Wildman–Crippen MR) is 70.9 cm³/mol. The van der Waals surface area contributed by atoms with E-state index < -0.39 is 17.3 Å². The van der Waals surface area contributed by atoms with Crippen LogP contribution in [0.2, 0.25) is 0 Å². The van der Waals surface area contributed by atoms with E-state index in [4.69, 9.17) is 0 Å². The van der Waals surface area contributed by atoms with Crippen molar-refractivity contribution in [2.75, 3.05) is 0 Å². The van der Waals surface area contributed by atoms with Gasteiger partial charge < -0.3 is 0 Å². The maximum absolute atomic E-state index is 11.8. The zero-order valence-corrected chi connectivity index (χ0v) is 10.2. The van der Waals surface area contributed by atoms with Crippen LogP contribution < -0.4 is 0 Å². The Morgan fingerprint density at radius 3 is 1.84 bits per heavy atom. The molecule has 0 unspecified atom stereocenters. The Labute approximate surface area is 110 Å². The molecule has 0 N–H and O–H groups in total. The van der Waals surface area contributed by atoms with Crippen LogP contribution in [0.4, 0.5) is 0 Å². The fraction of sp³-hybridized carbons (Fsp3) is 0.0625. The lowest BCUT2D eigenvalue weighted by atomic mass is 10.0. The lowest BCUT2D eigenvalue weighted by molar-refractivity contribution is -0.133. The molecule has 3 nitrogen and oxygen atoms in total. The number of carbonyl (C=O) groups excluding carboxylic acids is 3. The highest BCUT2D eigenvalue weighted by Crippen LogP contribution is 2.05. The molecule has 0 spiro atoms. The molecule has 0 aliphatic carbocycles. The molecule has 0 atom stereocenters. The van der Waals surface area contributed by atoms with E-state index >= 15 is 0 Å². The third-order valence-electron chi connectivity index (χ3n) is 2.70. The molecule has 0 bridgehead atoms. The molecule has 0 aliphatic rings. The van der Waals surface area contributed by atoms with Gasteiger partial charge in [-0.2, -0.15) is 0 Å². The van der Waals surface area contributed by atoms with Crippen molar-refractivity contribution in [3.63, 3.8) is 0 Å². The number of benzene rings is 2. The van der Waals surface area contributed by atoms with Crippen LogP contribution in [-0.2, 0) is 16.0 Å². The van der Waals surface area contributed by atoms with E-state index in [1.807, 2.05) is 6.07 Å². The zero-order chi connectivity index (χ0) is 13.7. The second kappa shape index (κ2) is 5.87. The number of carbonyl (C=O) groups is 3. The topological polar surface area (TPSA) is 51.2 Å².